The van der Waals surface area contributed by atoms with Gasteiger partial charge in [-0.3, -0.25) is 4.98 Å². The first-order chi connectivity index (χ1) is 10.2. The van der Waals surface area contributed by atoms with Gasteiger partial charge in [0.05, 0.1) is 25.9 Å². The molecule has 0 radical (unpaired) electrons. The van der Waals surface area contributed by atoms with Crippen LogP contribution in [0.3, 0.4) is 0 Å². The van der Waals surface area contributed by atoms with Gasteiger partial charge >= 0.3 is 0 Å². The largest absolute Gasteiger partial charge is 0.496 e. The third kappa shape index (κ3) is 3.21. The number of aryl methyl sites for hydroxylation is 1. The van der Waals surface area contributed by atoms with Crippen LogP contribution in [0.2, 0.25) is 0 Å². The van der Waals surface area contributed by atoms with Crippen LogP contribution in [0, 0.1) is 13.8 Å². The van der Waals surface area contributed by atoms with Crippen LogP contribution in [-0.2, 0) is 13.1 Å². The maximum atomic E-state index is 5.44. The molecule has 0 atom stereocenters. The summed E-state index contributed by atoms with van der Waals surface area (Å²) < 4.78 is 7.26. The van der Waals surface area contributed by atoms with Gasteiger partial charge in [-0.1, -0.05) is 0 Å². The summed E-state index contributed by atoms with van der Waals surface area (Å²) in [4.78, 5) is 8.82. The molecule has 0 spiro atoms. The zero-order valence-electron chi connectivity index (χ0n) is 12.8. The second-order valence-corrected chi connectivity index (χ2v) is 5.56. The van der Waals surface area contributed by atoms with E-state index in [4.69, 9.17) is 4.74 Å². The smallest absolute Gasteiger partial charge is 0.164 e. The number of nitrogens with one attached hydrogen (secondary N) is 1. The third-order valence-electron chi connectivity index (χ3n) is 3.77. The van der Waals surface area contributed by atoms with Crippen LogP contribution < -0.4 is 10.1 Å². The van der Waals surface area contributed by atoms with E-state index in [1.54, 1.807) is 13.4 Å². The average molecular weight is 287 g/mol. The monoisotopic (exact) mass is 287 g/mol. The molecule has 3 rings (SSSR count). The van der Waals surface area contributed by atoms with Crippen molar-refractivity contribution >= 4 is 0 Å². The summed E-state index contributed by atoms with van der Waals surface area (Å²) in [6, 6.07) is 0.669. The zero-order chi connectivity index (χ0) is 14.8. The van der Waals surface area contributed by atoms with E-state index in [-0.39, 0.29) is 0 Å². The topological polar surface area (TPSA) is 64.9 Å². The fourth-order valence-corrected chi connectivity index (χ4v) is 2.40. The van der Waals surface area contributed by atoms with Crippen LogP contribution in [0.15, 0.2) is 12.5 Å². The van der Waals surface area contributed by atoms with E-state index in [2.05, 4.69) is 20.4 Å². The predicted molar refractivity (Wildman–Crippen MR) is 79.2 cm³/mol. The van der Waals surface area contributed by atoms with E-state index in [0.717, 1.165) is 34.9 Å². The SMILES string of the molecule is COc1c(C)cnc(Cn2cnc(CNC3CC3)n2)c1C. The molecule has 0 unspecified atom stereocenters. The molecule has 6 heteroatoms. The van der Waals surface area contributed by atoms with Crippen LogP contribution in [0.4, 0.5) is 0 Å². The summed E-state index contributed by atoms with van der Waals surface area (Å²) >= 11 is 0. The maximum Gasteiger partial charge on any atom is 0.164 e. The van der Waals surface area contributed by atoms with Crippen LogP contribution in [0.5, 0.6) is 5.75 Å². The van der Waals surface area contributed by atoms with Crippen LogP contribution >= 0.6 is 0 Å². The molecule has 6 nitrogen and oxygen atoms in total. The first-order valence-electron chi connectivity index (χ1n) is 7.28. The van der Waals surface area contributed by atoms with Crippen LogP contribution in [-0.4, -0.2) is 32.9 Å². The van der Waals surface area contributed by atoms with Gasteiger partial charge in [-0.05, 0) is 26.7 Å². The normalized spacial score (nSPS) is 14.4. The van der Waals surface area contributed by atoms with Crippen molar-refractivity contribution in [1.29, 1.82) is 0 Å². The fourth-order valence-electron chi connectivity index (χ4n) is 2.40. The Hall–Kier alpha value is -1.95. The van der Waals surface area contributed by atoms with Gasteiger partial charge in [-0.25, -0.2) is 9.67 Å². The Morgan fingerprint density at radius 2 is 2.14 bits per heavy atom. The lowest BCUT2D eigenvalue weighted by atomic mass is 10.1. The lowest BCUT2D eigenvalue weighted by molar-refractivity contribution is 0.406. The second-order valence-electron chi connectivity index (χ2n) is 5.56. The number of ether oxygens (including phenoxy) is 1. The van der Waals surface area contributed by atoms with E-state index >= 15 is 0 Å². The maximum absolute atomic E-state index is 5.44. The van der Waals surface area contributed by atoms with E-state index in [1.165, 1.54) is 12.8 Å². The van der Waals surface area contributed by atoms with Crippen molar-refractivity contribution in [1.82, 2.24) is 25.1 Å². The third-order valence-corrected chi connectivity index (χ3v) is 3.77. The van der Waals surface area contributed by atoms with E-state index in [0.29, 0.717) is 12.6 Å². The number of pyridine rings is 1. The Bertz CT molecular complexity index is 633. The van der Waals surface area contributed by atoms with Crippen molar-refractivity contribution in [3.8, 4) is 5.75 Å². The van der Waals surface area contributed by atoms with Gasteiger partial charge in [0.25, 0.3) is 0 Å². The van der Waals surface area contributed by atoms with E-state index in [1.807, 2.05) is 24.7 Å². The van der Waals surface area contributed by atoms with Gasteiger partial charge in [-0.15, -0.1) is 0 Å². The molecule has 1 N–H and O–H groups in total. The van der Waals surface area contributed by atoms with Gasteiger partial charge in [0.15, 0.2) is 5.82 Å². The summed E-state index contributed by atoms with van der Waals surface area (Å²) in [5.41, 5.74) is 3.07. The molecule has 0 amide bonds. The van der Waals surface area contributed by atoms with Gasteiger partial charge < -0.3 is 10.1 Å². The predicted octanol–water partition coefficient (Wildman–Crippen LogP) is 1.60. The number of hydrogen-bond acceptors (Lipinski definition) is 5. The summed E-state index contributed by atoms with van der Waals surface area (Å²) in [7, 11) is 1.69. The highest BCUT2D eigenvalue weighted by molar-refractivity contribution is 5.41. The number of methoxy groups -OCH3 is 1. The number of nitrogens with zero attached hydrogens (tertiary/aromatic N) is 4. The highest BCUT2D eigenvalue weighted by atomic mass is 16.5. The Kier molecular flexibility index (Phi) is 3.88. The Labute approximate surface area is 124 Å². The fraction of sp³-hybridized carbons (Fsp3) is 0.533. The minimum Gasteiger partial charge on any atom is -0.496 e. The molecule has 0 bridgehead atoms. The molecule has 0 aromatic carbocycles. The van der Waals surface area contributed by atoms with Crippen molar-refractivity contribution in [2.45, 2.75) is 45.8 Å². The van der Waals surface area contributed by atoms with Gasteiger partial charge in [0.2, 0.25) is 0 Å². The quantitative estimate of drug-likeness (QED) is 0.874. The minimum absolute atomic E-state index is 0.610. The Morgan fingerprint density at radius 1 is 1.33 bits per heavy atom. The summed E-state index contributed by atoms with van der Waals surface area (Å²) in [6.45, 7) is 5.38. The van der Waals surface area contributed by atoms with Crippen LogP contribution in [0.25, 0.3) is 0 Å². The number of hydrogen-bond donors (Lipinski definition) is 1. The number of rotatable bonds is 6. The second kappa shape index (κ2) is 5.81. The Morgan fingerprint density at radius 3 is 2.86 bits per heavy atom. The van der Waals surface area contributed by atoms with E-state index in [9.17, 15) is 0 Å². The molecule has 1 aliphatic carbocycles. The minimum atomic E-state index is 0.610. The first kappa shape index (κ1) is 14.0. The molecular formula is C15H21N5O. The Balaban J connectivity index is 1.71. The first-order valence-corrected chi connectivity index (χ1v) is 7.28. The van der Waals surface area contributed by atoms with E-state index < -0.39 is 0 Å². The molecule has 1 saturated carbocycles. The van der Waals surface area contributed by atoms with Crippen molar-refractivity contribution in [2.24, 2.45) is 0 Å². The lowest BCUT2D eigenvalue weighted by Crippen LogP contribution is -2.16. The molecule has 112 valence electrons. The molecule has 21 heavy (non-hydrogen) atoms. The average Bonchev–Trinajstić information content (AvgIpc) is 3.20. The van der Waals surface area contributed by atoms with Crippen molar-refractivity contribution < 1.29 is 4.74 Å². The molecular weight excluding hydrogens is 266 g/mol. The molecule has 2 heterocycles. The lowest BCUT2D eigenvalue weighted by Gasteiger charge is -2.11. The summed E-state index contributed by atoms with van der Waals surface area (Å²) in [6.07, 6.45) is 6.14. The number of aromatic nitrogens is 4. The highest BCUT2D eigenvalue weighted by Crippen LogP contribution is 2.24. The molecule has 0 aliphatic heterocycles. The van der Waals surface area contributed by atoms with Crippen molar-refractivity contribution in [3.05, 3.63) is 35.2 Å². The summed E-state index contributed by atoms with van der Waals surface area (Å²) in [5.74, 6) is 1.73. The molecule has 2 aromatic rings. The van der Waals surface area contributed by atoms with Gasteiger partial charge in [-0.2, -0.15) is 5.10 Å². The molecule has 2 aromatic heterocycles. The molecule has 1 fully saturated rings. The van der Waals surface area contributed by atoms with Crippen molar-refractivity contribution in [2.75, 3.05) is 7.11 Å². The van der Waals surface area contributed by atoms with Crippen molar-refractivity contribution in [3.63, 3.8) is 0 Å². The highest BCUT2D eigenvalue weighted by Gasteiger charge is 2.20. The van der Waals surface area contributed by atoms with Gasteiger partial charge in [0.1, 0.15) is 12.1 Å². The standard InChI is InChI=1S/C15H21N5O/c1-10-6-17-13(11(2)15(10)21-3)8-20-9-18-14(19-20)7-16-12-4-5-12/h6,9,12,16H,4-5,7-8H2,1-3H3. The molecule has 0 saturated heterocycles. The van der Waals surface area contributed by atoms with Crippen LogP contribution in [0.1, 0.15) is 35.5 Å². The zero-order valence-corrected chi connectivity index (χ0v) is 12.8. The molecule has 1 aliphatic rings. The summed E-state index contributed by atoms with van der Waals surface area (Å²) in [5, 5.41) is 7.90. The van der Waals surface area contributed by atoms with Gasteiger partial charge in [0, 0.05) is 23.4 Å².